The first-order valence-corrected chi connectivity index (χ1v) is 9.47. The van der Waals surface area contributed by atoms with E-state index in [1.807, 2.05) is 30.3 Å². The van der Waals surface area contributed by atoms with E-state index in [1.165, 1.54) is 0 Å². The molecule has 6 heteroatoms. The third-order valence-electron chi connectivity index (χ3n) is 4.38. The molecule has 0 radical (unpaired) electrons. The molecule has 0 unspecified atom stereocenters. The molecule has 140 valence electrons. The summed E-state index contributed by atoms with van der Waals surface area (Å²) in [4.78, 5) is 16.8. The second-order valence-electron chi connectivity index (χ2n) is 6.23. The number of anilines is 1. The van der Waals surface area contributed by atoms with Gasteiger partial charge in [0.15, 0.2) is 0 Å². The molecule has 5 nitrogen and oxygen atoms in total. The Bertz CT molecular complexity index is 914. The molecule has 1 aromatic heterocycles. The van der Waals surface area contributed by atoms with E-state index in [1.54, 1.807) is 12.1 Å². The number of carbonyl (C=O) groups is 1. The predicted octanol–water partition coefficient (Wildman–Crippen LogP) is 5.09. The SMILES string of the molecule is CCc1cccc(CC)c1NC(=O)CCc1nc(-c2cccc(Cl)c2)no1. The Morgan fingerprint density at radius 3 is 2.48 bits per heavy atom. The molecular weight excluding hydrogens is 362 g/mol. The van der Waals surface area contributed by atoms with Crippen LogP contribution in [0.25, 0.3) is 11.4 Å². The number of carbonyl (C=O) groups excluding carboxylic acids is 1. The first-order valence-electron chi connectivity index (χ1n) is 9.09. The molecule has 0 aliphatic rings. The van der Waals surface area contributed by atoms with Gasteiger partial charge in [-0.3, -0.25) is 4.79 Å². The zero-order chi connectivity index (χ0) is 19.2. The standard InChI is InChI=1S/C21H22ClN3O2/c1-3-14-7-5-8-15(4-2)20(14)23-18(26)11-12-19-24-21(25-27-19)16-9-6-10-17(22)13-16/h5-10,13H,3-4,11-12H2,1-2H3,(H,23,26). The maximum atomic E-state index is 12.4. The molecular formula is C21H22ClN3O2. The van der Waals surface area contributed by atoms with Crippen LogP contribution in [0.1, 0.15) is 37.3 Å². The van der Waals surface area contributed by atoms with E-state index in [2.05, 4.69) is 29.3 Å². The smallest absolute Gasteiger partial charge is 0.227 e. The highest BCUT2D eigenvalue weighted by molar-refractivity contribution is 6.30. The van der Waals surface area contributed by atoms with E-state index in [4.69, 9.17) is 16.1 Å². The number of nitrogens with zero attached hydrogens (tertiary/aromatic N) is 2. The second-order valence-corrected chi connectivity index (χ2v) is 6.67. The van der Waals surface area contributed by atoms with Crippen molar-refractivity contribution in [1.82, 2.24) is 10.1 Å². The average Bonchev–Trinajstić information content (AvgIpc) is 3.15. The van der Waals surface area contributed by atoms with E-state index in [0.717, 1.165) is 35.2 Å². The van der Waals surface area contributed by atoms with Gasteiger partial charge in [0, 0.05) is 29.1 Å². The number of aromatic nitrogens is 2. The molecule has 3 aromatic rings. The van der Waals surface area contributed by atoms with Crippen LogP contribution in [-0.2, 0) is 24.1 Å². The average molecular weight is 384 g/mol. The molecule has 0 fully saturated rings. The summed E-state index contributed by atoms with van der Waals surface area (Å²) in [5, 5.41) is 7.63. The van der Waals surface area contributed by atoms with Crippen molar-refractivity contribution in [2.24, 2.45) is 0 Å². The van der Waals surface area contributed by atoms with Gasteiger partial charge in [-0.15, -0.1) is 0 Å². The number of aryl methyl sites for hydroxylation is 3. The summed E-state index contributed by atoms with van der Waals surface area (Å²) >= 11 is 5.99. The lowest BCUT2D eigenvalue weighted by atomic mass is 10.0. The minimum absolute atomic E-state index is 0.0619. The van der Waals surface area contributed by atoms with E-state index < -0.39 is 0 Å². The van der Waals surface area contributed by atoms with Gasteiger partial charge in [0.2, 0.25) is 17.6 Å². The van der Waals surface area contributed by atoms with Gasteiger partial charge in [0.05, 0.1) is 0 Å². The molecule has 0 aliphatic heterocycles. The molecule has 1 heterocycles. The maximum Gasteiger partial charge on any atom is 0.227 e. The number of benzene rings is 2. The fourth-order valence-electron chi connectivity index (χ4n) is 2.93. The van der Waals surface area contributed by atoms with Crippen LogP contribution in [0.15, 0.2) is 47.0 Å². The lowest BCUT2D eigenvalue weighted by molar-refractivity contribution is -0.116. The van der Waals surface area contributed by atoms with Gasteiger partial charge in [-0.1, -0.05) is 60.9 Å². The molecule has 0 saturated heterocycles. The quantitative estimate of drug-likeness (QED) is 0.617. The van der Waals surface area contributed by atoms with Gasteiger partial charge in [-0.25, -0.2) is 0 Å². The number of hydrogen-bond acceptors (Lipinski definition) is 4. The first kappa shape index (κ1) is 19.1. The highest BCUT2D eigenvalue weighted by atomic mass is 35.5. The van der Waals surface area contributed by atoms with Crippen molar-refractivity contribution < 1.29 is 9.32 Å². The third kappa shape index (κ3) is 4.74. The summed E-state index contributed by atoms with van der Waals surface area (Å²) in [5.74, 6) is 0.838. The maximum absolute atomic E-state index is 12.4. The third-order valence-corrected chi connectivity index (χ3v) is 4.62. The first-order chi connectivity index (χ1) is 13.1. The lowest BCUT2D eigenvalue weighted by Gasteiger charge is -2.14. The summed E-state index contributed by atoms with van der Waals surface area (Å²) < 4.78 is 5.27. The molecule has 0 saturated carbocycles. The Morgan fingerprint density at radius 2 is 1.81 bits per heavy atom. The van der Waals surface area contributed by atoms with Gasteiger partial charge >= 0.3 is 0 Å². The van der Waals surface area contributed by atoms with Gasteiger partial charge in [0.1, 0.15) is 0 Å². The molecule has 0 atom stereocenters. The largest absolute Gasteiger partial charge is 0.339 e. The Morgan fingerprint density at radius 1 is 1.11 bits per heavy atom. The minimum atomic E-state index is -0.0619. The van der Waals surface area contributed by atoms with Crippen LogP contribution in [0, 0.1) is 0 Å². The van der Waals surface area contributed by atoms with Crippen LogP contribution in [0.5, 0.6) is 0 Å². The van der Waals surface area contributed by atoms with Crippen molar-refractivity contribution in [2.75, 3.05) is 5.32 Å². The molecule has 27 heavy (non-hydrogen) atoms. The molecule has 0 aliphatic carbocycles. The Hall–Kier alpha value is -2.66. The lowest BCUT2D eigenvalue weighted by Crippen LogP contribution is -2.15. The van der Waals surface area contributed by atoms with Crippen molar-refractivity contribution in [3.63, 3.8) is 0 Å². The number of amides is 1. The van der Waals surface area contributed by atoms with Crippen LogP contribution >= 0.6 is 11.6 Å². The van der Waals surface area contributed by atoms with Crippen molar-refractivity contribution in [1.29, 1.82) is 0 Å². The summed E-state index contributed by atoms with van der Waals surface area (Å²) in [6.07, 6.45) is 2.40. The Balaban J connectivity index is 1.64. The molecule has 2 aromatic carbocycles. The number of hydrogen-bond donors (Lipinski definition) is 1. The number of para-hydroxylation sites is 1. The van der Waals surface area contributed by atoms with Gasteiger partial charge in [-0.05, 0) is 36.1 Å². The van der Waals surface area contributed by atoms with Gasteiger partial charge in [-0.2, -0.15) is 4.98 Å². The van der Waals surface area contributed by atoms with Crippen LogP contribution in [0.2, 0.25) is 5.02 Å². The van der Waals surface area contributed by atoms with E-state index in [-0.39, 0.29) is 12.3 Å². The van der Waals surface area contributed by atoms with Crippen LogP contribution < -0.4 is 5.32 Å². The van der Waals surface area contributed by atoms with Crippen molar-refractivity contribution in [2.45, 2.75) is 39.5 Å². The topological polar surface area (TPSA) is 68.0 Å². The monoisotopic (exact) mass is 383 g/mol. The van der Waals surface area contributed by atoms with Gasteiger partial charge < -0.3 is 9.84 Å². The molecule has 1 amide bonds. The zero-order valence-corrected chi connectivity index (χ0v) is 16.2. The number of rotatable bonds is 7. The summed E-state index contributed by atoms with van der Waals surface area (Å²) in [6.45, 7) is 4.17. The van der Waals surface area contributed by atoms with Crippen LogP contribution in [-0.4, -0.2) is 16.0 Å². The number of nitrogens with one attached hydrogen (secondary N) is 1. The molecule has 0 spiro atoms. The normalized spacial score (nSPS) is 10.8. The van der Waals surface area contributed by atoms with E-state index in [9.17, 15) is 4.79 Å². The minimum Gasteiger partial charge on any atom is -0.339 e. The fourth-order valence-corrected chi connectivity index (χ4v) is 3.12. The second kappa shape index (κ2) is 8.82. The molecule has 1 N–H and O–H groups in total. The highest BCUT2D eigenvalue weighted by Crippen LogP contribution is 2.23. The highest BCUT2D eigenvalue weighted by Gasteiger charge is 2.13. The fraction of sp³-hybridized carbons (Fsp3) is 0.286. The Labute approximate surface area is 163 Å². The van der Waals surface area contributed by atoms with E-state index in [0.29, 0.717) is 23.2 Å². The number of halogens is 1. The van der Waals surface area contributed by atoms with Crippen LogP contribution in [0.4, 0.5) is 5.69 Å². The molecule has 0 bridgehead atoms. The molecule has 3 rings (SSSR count). The Kier molecular flexibility index (Phi) is 6.24. The summed E-state index contributed by atoms with van der Waals surface area (Å²) in [5.41, 5.74) is 4.00. The van der Waals surface area contributed by atoms with Gasteiger partial charge in [0.25, 0.3) is 0 Å². The summed E-state index contributed by atoms with van der Waals surface area (Å²) in [6, 6.07) is 13.4. The predicted molar refractivity (Wildman–Crippen MR) is 107 cm³/mol. The van der Waals surface area contributed by atoms with E-state index >= 15 is 0 Å². The van der Waals surface area contributed by atoms with Crippen LogP contribution in [0.3, 0.4) is 0 Å². The summed E-state index contributed by atoms with van der Waals surface area (Å²) in [7, 11) is 0. The van der Waals surface area contributed by atoms with Crippen molar-refractivity contribution in [3.8, 4) is 11.4 Å². The van der Waals surface area contributed by atoms with Crippen molar-refractivity contribution >= 4 is 23.2 Å². The van der Waals surface area contributed by atoms with Crippen molar-refractivity contribution in [3.05, 3.63) is 64.5 Å². The zero-order valence-electron chi connectivity index (χ0n) is 15.5.